The minimum atomic E-state index is 0.192. The fourth-order valence-electron chi connectivity index (χ4n) is 6.00. The lowest BCUT2D eigenvalue weighted by molar-refractivity contribution is 0.0908. The number of hydrogen-bond acceptors (Lipinski definition) is 3. The maximum atomic E-state index is 13.1. The summed E-state index contributed by atoms with van der Waals surface area (Å²) < 4.78 is 8.18. The van der Waals surface area contributed by atoms with Gasteiger partial charge < -0.3 is 4.74 Å². The highest BCUT2D eigenvalue weighted by atomic mass is 16.5. The Morgan fingerprint density at radius 1 is 0.778 bits per heavy atom. The number of fused-ring (bicyclic) bond motifs is 5. The van der Waals surface area contributed by atoms with Crippen molar-refractivity contribution in [3.8, 4) is 5.75 Å². The van der Waals surface area contributed by atoms with E-state index < -0.39 is 0 Å². The molecule has 7 rings (SSSR count). The molecule has 0 radical (unpaired) electrons. The Balaban J connectivity index is 1.34. The number of carbonyl (C=O) groups is 1. The van der Waals surface area contributed by atoms with E-state index in [-0.39, 0.29) is 5.91 Å². The fourth-order valence-corrected chi connectivity index (χ4v) is 6.00. The van der Waals surface area contributed by atoms with Gasteiger partial charge in [-0.25, -0.2) is 0 Å². The highest BCUT2D eigenvalue weighted by molar-refractivity contribution is 6.17. The molecule has 5 aromatic rings. The van der Waals surface area contributed by atoms with E-state index in [1.807, 2.05) is 28.8 Å². The molecule has 36 heavy (non-hydrogen) atoms. The molecule has 1 aromatic heterocycles. The van der Waals surface area contributed by atoms with Crippen LogP contribution < -0.4 is 4.74 Å². The second-order valence-electron chi connectivity index (χ2n) is 10.0. The van der Waals surface area contributed by atoms with E-state index in [1.54, 1.807) is 0 Å². The lowest BCUT2D eigenvalue weighted by Gasteiger charge is -2.30. The number of carbonyl (C=O) groups excluding carboxylic acids is 1. The highest BCUT2D eigenvalue weighted by Crippen LogP contribution is 2.41. The summed E-state index contributed by atoms with van der Waals surface area (Å²) in [6.07, 6.45) is 2.43. The van der Waals surface area contributed by atoms with Gasteiger partial charge in [-0.1, -0.05) is 66.7 Å². The molecular weight excluding hydrogens is 444 g/mol. The van der Waals surface area contributed by atoms with Crippen molar-refractivity contribution in [2.75, 3.05) is 6.54 Å². The van der Waals surface area contributed by atoms with Crippen LogP contribution in [0.2, 0.25) is 0 Å². The zero-order valence-electron chi connectivity index (χ0n) is 20.2. The molecule has 0 bridgehead atoms. The zero-order chi connectivity index (χ0) is 24.1. The summed E-state index contributed by atoms with van der Waals surface area (Å²) in [5, 5.41) is 2.37. The first-order chi connectivity index (χ1) is 17.7. The van der Waals surface area contributed by atoms with Gasteiger partial charge in [0.2, 0.25) is 5.91 Å². The molecule has 3 heterocycles. The van der Waals surface area contributed by atoms with Crippen LogP contribution in [0, 0.1) is 0 Å². The van der Waals surface area contributed by atoms with E-state index in [1.165, 1.54) is 27.6 Å². The van der Waals surface area contributed by atoms with E-state index >= 15 is 0 Å². The van der Waals surface area contributed by atoms with Crippen LogP contribution in [-0.4, -0.2) is 21.9 Å². The summed E-state index contributed by atoms with van der Waals surface area (Å²) in [6.45, 7) is 3.41. The molecule has 2 aliphatic heterocycles. The molecule has 178 valence electrons. The van der Waals surface area contributed by atoms with Gasteiger partial charge >= 0.3 is 0 Å². The number of aromatic nitrogens is 1. The van der Waals surface area contributed by atoms with Gasteiger partial charge in [-0.15, -0.1) is 0 Å². The minimum Gasteiger partial charge on any atom is -0.489 e. The Kier molecular flexibility index (Phi) is 5.14. The Hall–Kier alpha value is -3.89. The van der Waals surface area contributed by atoms with Crippen LogP contribution in [0.25, 0.3) is 21.8 Å². The van der Waals surface area contributed by atoms with Crippen molar-refractivity contribution in [1.82, 2.24) is 9.47 Å². The maximum Gasteiger partial charge on any atom is 0.231 e. The van der Waals surface area contributed by atoms with Crippen molar-refractivity contribution < 1.29 is 9.53 Å². The van der Waals surface area contributed by atoms with Gasteiger partial charge in [0.1, 0.15) is 12.4 Å². The first-order valence-electron chi connectivity index (χ1n) is 12.8. The molecule has 4 nitrogen and oxygen atoms in total. The first kappa shape index (κ1) is 21.4. The van der Waals surface area contributed by atoms with Crippen molar-refractivity contribution in [1.29, 1.82) is 0 Å². The average molecular weight is 473 g/mol. The van der Waals surface area contributed by atoms with Crippen LogP contribution in [-0.2, 0) is 32.5 Å². The van der Waals surface area contributed by atoms with Crippen LogP contribution in [0.4, 0.5) is 0 Å². The van der Waals surface area contributed by atoms with Crippen molar-refractivity contribution in [3.63, 3.8) is 0 Å². The summed E-state index contributed by atoms with van der Waals surface area (Å²) in [5.74, 6) is 1.03. The number of benzene rings is 4. The third-order valence-corrected chi connectivity index (χ3v) is 7.71. The predicted octanol–water partition coefficient (Wildman–Crippen LogP) is 6.52. The molecule has 0 saturated carbocycles. The van der Waals surface area contributed by atoms with Crippen molar-refractivity contribution in [2.45, 2.75) is 39.0 Å². The molecule has 0 spiro atoms. The molecule has 0 N–H and O–H groups in total. The van der Waals surface area contributed by atoms with Gasteiger partial charge in [0, 0.05) is 36.8 Å². The second-order valence-corrected chi connectivity index (χ2v) is 10.0. The monoisotopic (exact) mass is 472 g/mol. The SMILES string of the molecule is O=C1CCc2cc3c(c4c5cc(OCc6ccccc6)ccc5n1c24)CN(Cc1ccccc1)CC3. The standard InChI is InChI=1S/C32H28N2O2/c35-30-14-11-25-17-24-15-16-33(19-22-7-3-1-4-8-22)20-28(24)31-27-18-26(12-13-29(27)34(30)32(25)31)36-21-23-9-5-2-6-10-23/h1-10,12-13,17-18H,11,14-16,19-21H2. The van der Waals surface area contributed by atoms with Gasteiger partial charge in [0.05, 0.1) is 11.0 Å². The van der Waals surface area contributed by atoms with Gasteiger partial charge in [0.15, 0.2) is 0 Å². The van der Waals surface area contributed by atoms with Crippen LogP contribution in [0.5, 0.6) is 5.75 Å². The van der Waals surface area contributed by atoms with Crippen LogP contribution in [0.15, 0.2) is 84.9 Å². The third-order valence-electron chi connectivity index (χ3n) is 7.71. The molecular formula is C32H28N2O2. The quantitative estimate of drug-likeness (QED) is 0.292. The smallest absolute Gasteiger partial charge is 0.231 e. The molecule has 0 atom stereocenters. The Labute approximate surface area is 210 Å². The summed E-state index contributed by atoms with van der Waals surface area (Å²) in [5.41, 5.74) is 8.70. The summed E-state index contributed by atoms with van der Waals surface area (Å²) >= 11 is 0. The largest absolute Gasteiger partial charge is 0.489 e. The van der Waals surface area contributed by atoms with Gasteiger partial charge in [-0.05, 0) is 58.9 Å². The van der Waals surface area contributed by atoms with Crippen molar-refractivity contribution in [2.24, 2.45) is 0 Å². The van der Waals surface area contributed by atoms with Gasteiger partial charge in [-0.2, -0.15) is 0 Å². The first-order valence-corrected chi connectivity index (χ1v) is 12.8. The lowest BCUT2D eigenvalue weighted by atomic mass is 9.90. The van der Waals surface area contributed by atoms with E-state index in [2.05, 4.69) is 65.6 Å². The second kappa shape index (κ2) is 8.65. The van der Waals surface area contributed by atoms with E-state index in [4.69, 9.17) is 4.74 Å². The molecule has 0 amide bonds. The molecule has 0 unspecified atom stereocenters. The molecule has 0 fully saturated rings. The molecule has 4 aromatic carbocycles. The van der Waals surface area contributed by atoms with Crippen LogP contribution in [0.1, 0.15) is 39.0 Å². The minimum absolute atomic E-state index is 0.192. The normalized spacial score (nSPS) is 15.4. The Morgan fingerprint density at radius 2 is 1.56 bits per heavy atom. The molecule has 0 saturated heterocycles. The fraction of sp³-hybridized carbons (Fsp3) is 0.219. The average Bonchev–Trinajstić information content (AvgIpc) is 3.27. The predicted molar refractivity (Wildman–Crippen MR) is 143 cm³/mol. The van der Waals surface area contributed by atoms with E-state index in [9.17, 15) is 4.79 Å². The van der Waals surface area contributed by atoms with Crippen LogP contribution >= 0.6 is 0 Å². The van der Waals surface area contributed by atoms with Gasteiger partial charge in [-0.3, -0.25) is 14.3 Å². The highest BCUT2D eigenvalue weighted by Gasteiger charge is 2.29. The maximum absolute atomic E-state index is 13.1. The summed E-state index contributed by atoms with van der Waals surface area (Å²) in [4.78, 5) is 15.7. The summed E-state index contributed by atoms with van der Waals surface area (Å²) in [6, 6.07) is 29.5. The number of hydrogen-bond donors (Lipinski definition) is 0. The Bertz CT molecular complexity index is 1600. The Morgan fingerprint density at radius 3 is 2.36 bits per heavy atom. The topological polar surface area (TPSA) is 34.5 Å². The van der Waals surface area contributed by atoms with Crippen molar-refractivity contribution >= 4 is 27.7 Å². The number of nitrogens with zero attached hydrogens (tertiary/aromatic N) is 2. The van der Waals surface area contributed by atoms with Gasteiger partial charge in [0.25, 0.3) is 0 Å². The number of aryl methyl sites for hydroxylation is 1. The van der Waals surface area contributed by atoms with Crippen molar-refractivity contribution in [3.05, 3.63) is 113 Å². The number of ether oxygens (including phenoxy) is 1. The van der Waals surface area contributed by atoms with Crippen LogP contribution in [0.3, 0.4) is 0 Å². The summed E-state index contributed by atoms with van der Waals surface area (Å²) in [7, 11) is 0. The molecule has 2 aliphatic rings. The molecule has 0 aliphatic carbocycles. The zero-order valence-corrected chi connectivity index (χ0v) is 20.2. The van der Waals surface area contributed by atoms with E-state index in [0.717, 1.165) is 60.2 Å². The lowest BCUT2D eigenvalue weighted by Crippen LogP contribution is -2.30. The van der Waals surface area contributed by atoms with E-state index in [0.29, 0.717) is 13.0 Å². The molecule has 4 heteroatoms. The third kappa shape index (κ3) is 3.61. The number of rotatable bonds is 5.